The molecule has 1 saturated carbocycles. The number of aromatic nitrogens is 5. The van der Waals surface area contributed by atoms with Crippen molar-refractivity contribution in [1.29, 1.82) is 0 Å². The molecule has 4 rings (SSSR count). The molecule has 1 aliphatic carbocycles. The fraction of sp³-hybridized carbons (Fsp3) is 0.421. The van der Waals surface area contributed by atoms with E-state index in [0.717, 1.165) is 37.1 Å². The number of hydrogen-bond donors (Lipinski definition) is 1. The van der Waals surface area contributed by atoms with Crippen LogP contribution in [0.15, 0.2) is 35.4 Å². The van der Waals surface area contributed by atoms with Gasteiger partial charge in [-0.05, 0) is 44.0 Å². The monoisotopic (exact) mass is 382 g/mol. The van der Waals surface area contributed by atoms with Gasteiger partial charge < -0.3 is 10.1 Å². The molecule has 9 nitrogen and oxygen atoms in total. The largest absolute Gasteiger partial charge is 0.494 e. The molecule has 0 radical (unpaired) electrons. The number of carbonyl (C=O) groups is 1. The number of carbonyl (C=O) groups excluding carboxylic acids is 1. The summed E-state index contributed by atoms with van der Waals surface area (Å²) >= 11 is 0. The lowest BCUT2D eigenvalue weighted by molar-refractivity contribution is -0.122. The molecule has 1 amide bonds. The first-order valence-corrected chi connectivity index (χ1v) is 9.49. The average molecular weight is 382 g/mol. The Hall–Kier alpha value is -3.23. The van der Waals surface area contributed by atoms with Crippen LogP contribution in [0.3, 0.4) is 0 Å². The number of hydrogen-bond acceptors (Lipinski definition) is 6. The van der Waals surface area contributed by atoms with Gasteiger partial charge in [0.2, 0.25) is 5.91 Å². The van der Waals surface area contributed by atoms with Gasteiger partial charge in [0, 0.05) is 6.04 Å². The zero-order valence-corrected chi connectivity index (χ0v) is 15.7. The van der Waals surface area contributed by atoms with Crippen molar-refractivity contribution in [2.75, 3.05) is 6.61 Å². The highest BCUT2D eigenvalue weighted by Gasteiger charge is 2.19. The highest BCUT2D eigenvalue weighted by atomic mass is 16.5. The molecule has 9 heteroatoms. The Kier molecular flexibility index (Phi) is 5.05. The molecule has 1 N–H and O–H groups in total. The second-order valence-corrected chi connectivity index (χ2v) is 6.83. The van der Waals surface area contributed by atoms with Gasteiger partial charge >= 0.3 is 0 Å². The summed E-state index contributed by atoms with van der Waals surface area (Å²) in [5.74, 6) is 0.563. The lowest BCUT2D eigenvalue weighted by Crippen LogP contribution is -2.37. The van der Waals surface area contributed by atoms with Gasteiger partial charge in [-0.2, -0.15) is 4.68 Å². The van der Waals surface area contributed by atoms with Crippen LogP contribution in [0.5, 0.6) is 5.75 Å². The van der Waals surface area contributed by atoms with Crippen LogP contribution in [0.4, 0.5) is 0 Å². The molecule has 146 valence electrons. The molecular formula is C19H22N6O3. The van der Waals surface area contributed by atoms with Crippen molar-refractivity contribution in [2.24, 2.45) is 0 Å². The first-order chi connectivity index (χ1) is 13.7. The van der Waals surface area contributed by atoms with Crippen molar-refractivity contribution < 1.29 is 9.53 Å². The molecule has 0 aliphatic heterocycles. The molecular weight excluding hydrogens is 360 g/mol. The van der Waals surface area contributed by atoms with Gasteiger partial charge in [0.15, 0.2) is 11.2 Å². The van der Waals surface area contributed by atoms with Gasteiger partial charge in [-0.25, -0.2) is 4.98 Å². The summed E-state index contributed by atoms with van der Waals surface area (Å²) in [5, 5.41) is 11.0. The second kappa shape index (κ2) is 7.79. The molecule has 2 heterocycles. The van der Waals surface area contributed by atoms with E-state index < -0.39 is 0 Å². The van der Waals surface area contributed by atoms with Crippen LogP contribution in [-0.4, -0.2) is 43.1 Å². The number of benzene rings is 1. The van der Waals surface area contributed by atoms with Crippen molar-refractivity contribution >= 4 is 17.1 Å². The quantitative estimate of drug-likeness (QED) is 0.692. The summed E-state index contributed by atoms with van der Waals surface area (Å²) in [6, 6.07) is 7.49. The van der Waals surface area contributed by atoms with Crippen LogP contribution in [0.1, 0.15) is 32.6 Å². The molecule has 0 spiro atoms. The smallest absolute Gasteiger partial charge is 0.284 e. The highest BCUT2D eigenvalue weighted by molar-refractivity contribution is 5.77. The Morgan fingerprint density at radius 2 is 2.00 bits per heavy atom. The summed E-state index contributed by atoms with van der Waals surface area (Å²) in [6.07, 6.45) is 5.62. The fourth-order valence-corrected chi connectivity index (χ4v) is 3.48. The Morgan fingerprint density at radius 1 is 1.25 bits per heavy atom. The van der Waals surface area contributed by atoms with Gasteiger partial charge in [-0.3, -0.25) is 14.2 Å². The van der Waals surface area contributed by atoms with Gasteiger partial charge in [-0.1, -0.05) is 18.1 Å². The van der Waals surface area contributed by atoms with Gasteiger partial charge in [0.1, 0.15) is 18.6 Å². The van der Waals surface area contributed by atoms with Crippen molar-refractivity contribution in [3.8, 4) is 11.4 Å². The number of rotatable bonds is 6. The lowest BCUT2D eigenvalue weighted by Gasteiger charge is -2.12. The molecule has 28 heavy (non-hydrogen) atoms. The Labute approximate surface area is 161 Å². The number of amides is 1. The zero-order chi connectivity index (χ0) is 19.5. The average Bonchev–Trinajstić information content (AvgIpc) is 3.35. The first kappa shape index (κ1) is 18.1. The number of fused-ring (bicyclic) bond motifs is 1. The Balaban J connectivity index is 1.57. The SMILES string of the molecule is CCOc1ccc(-n2nnc3c(=O)n(CC(=O)NC4CCCC4)cnc32)cc1. The van der Waals surface area contributed by atoms with Gasteiger partial charge in [0.05, 0.1) is 12.3 Å². The third-order valence-electron chi connectivity index (χ3n) is 4.86. The summed E-state index contributed by atoms with van der Waals surface area (Å²) in [6.45, 7) is 2.43. The van der Waals surface area contributed by atoms with Gasteiger partial charge in [0.25, 0.3) is 5.56 Å². The van der Waals surface area contributed by atoms with E-state index in [1.807, 2.05) is 31.2 Å². The zero-order valence-electron chi connectivity index (χ0n) is 15.7. The van der Waals surface area contributed by atoms with E-state index in [2.05, 4.69) is 20.6 Å². The maximum Gasteiger partial charge on any atom is 0.284 e. The van der Waals surface area contributed by atoms with Crippen LogP contribution in [0, 0.1) is 0 Å². The fourth-order valence-electron chi connectivity index (χ4n) is 3.48. The minimum absolute atomic E-state index is 0.0752. The van der Waals surface area contributed by atoms with Crippen molar-refractivity contribution in [3.63, 3.8) is 0 Å². The number of nitrogens with one attached hydrogen (secondary N) is 1. The molecule has 0 saturated heterocycles. The summed E-state index contributed by atoms with van der Waals surface area (Å²) in [4.78, 5) is 29.2. The van der Waals surface area contributed by atoms with E-state index in [1.54, 1.807) is 0 Å². The van der Waals surface area contributed by atoms with Crippen LogP contribution in [0.25, 0.3) is 16.9 Å². The second-order valence-electron chi connectivity index (χ2n) is 6.83. The van der Waals surface area contributed by atoms with E-state index in [1.165, 1.54) is 15.6 Å². The van der Waals surface area contributed by atoms with Gasteiger partial charge in [-0.15, -0.1) is 5.10 Å². The highest BCUT2D eigenvalue weighted by Crippen LogP contribution is 2.18. The summed E-state index contributed by atoms with van der Waals surface area (Å²) in [5.41, 5.74) is 0.810. The first-order valence-electron chi connectivity index (χ1n) is 9.49. The van der Waals surface area contributed by atoms with E-state index in [9.17, 15) is 9.59 Å². The van der Waals surface area contributed by atoms with E-state index >= 15 is 0 Å². The molecule has 0 unspecified atom stereocenters. The predicted molar refractivity (Wildman–Crippen MR) is 102 cm³/mol. The van der Waals surface area contributed by atoms with E-state index in [-0.39, 0.29) is 29.6 Å². The lowest BCUT2D eigenvalue weighted by atomic mass is 10.2. The molecule has 1 aromatic carbocycles. The van der Waals surface area contributed by atoms with Crippen LogP contribution in [-0.2, 0) is 11.3 Å². The number of nitrogens with zero attached hydrogens (tertiary/aromatic N) is 5. The maximum absolute atomic E-state index is 12.7. The van der Waals surface area contributed by atoms with E-state index in [4.69, 9.17) is 4.74 Å². The molecule has 3 aromatic rings. The third kappa shape index (κ3) is 3.60. The van der Waals surface area contributed by atoms with Crippen LogP contribution in [0.2, 0.25) is 0 Å². The minimum Gasteiger partial charge on any atom is -0.494 e. The normalized spacial score (nSPS) is 14.5. The molecule has 1 aliphatic rings. The van der Waals surface area contributed by atoms with Crippen LogP contribution < -0.4 is 15.6 Å². The maximum atomic E-state index is 12.7. The molecule has 1 fully saturated rings. The Morgan fingerprint density at radius 3 is 2.71 bits per heavy atom. The third-order valence-corrected chi connectivity index (χ3v) is 4.86. The molecule has 2 aromatic heterocycles. The topological polar surface area (TPSA) is 104 Å². The standard InChI is InChI=1S/C19H22N6O3/c1-2-28-15-9-7-14(8-10-15)25-18-17(22-23-25)19(27)24(12-20-18)11-16(26)21-13-5-3-4-6-13/h7-10,12-13H,2-6,11H2,1H3,(H,21,26). The summed E-state index contributed by atoms with van der Waals surface area (Å²) < 4.78 is 8.20. The van der Waals surface area contributed by atoms with E-state index in [0.29, 0.717) is 12.3 Å². The van der Waals surface area contributed by atoms with Crippen molar-refractivity contribution in [2.45, 2.75) is 45.2 Å². The van der Waals surface area contributed by atoms with Crippen molar-refractivity contribution in [1.82, 2.24) is 29.9 Å². The number of ether oxygens (including phenoxy) is 1. The van der Waals surface area contributed by atoms with Crippen LogP contribution >= 0.6 is 0 Å². The predicted octanol–water partition coefficient (Wildman–Crippen LogP) is 1.43. The molecule has 0 bridgehead atoms. The molecule has 0 atom stereocenters. The summed E-state index contributed by atoms with van der Waals surface area (Å²) in [7, 11) is 0. The van der Waals surface area contributed by atoms with Crippen molar-refractivity contribution in [3.05, 3.63) is 40.9 Å². The minimum atomic E-state index is -0.385. The Bertz CT molecular complexity index is 1030.